The van der Waals surface area contributed by atoms with E-state index in [1.54, 1.807) is 0 Å². The number of rotatable bonds is 7. The van der Waals surface area contributed by atoms with Crippen molar-refractivity contribution in [2.75, 3.05) is 19.6 Å². The fraction of sp³-hybridized carbons (Fsp3) is 0.407. The van der Waals surface area contributed by atoms with E-state index in [0.717, 1.165) is 33.5 Å². The molecule has 0 saturated carbocycles. The van der Waals surface area contributed by atoms with Crippen molar-refractivity contribution in [2.24, 2.45) is 11.3 Å². The van der Waals surface area contributed by atoms with Crippen LogP contribution < -0.4 is 5.32 Å². The standard InChI is InChI=1S/C27H30F3N3O2S/c1-27(2,3)24(31-13-17-14-33(26(34)35)15-21(17)30)23-22(11-16-7-5-4-6-8-16)36-25(32-23)19-12-18(28)9-10-20(19)29/h4-10,12,17,21,24,31H,11,13-15H2,1-3H3,(H,34,35). The van der Waals surface area contributed by atoms with Gasteiger partial charge in [0, 0.05) is 35.9 Å². The molecule has 1 saturated heterocycles. The molecule has 36 heavy (non-hydrogen) atoms. The minimum Gasteiger partial charge on any atom is -0.465 e. The average molecular weight is 518 g/mol. The Bertz CT molecular complexity index is 1210. The second-order valence-electron chi connectivity index (χ2n) is 10.3. The van der Waals surface area contributed by atoms with Crippen LogP contribution >= 0.6 is 11.3 Å². The molecule has 1 amide bonds. The van der Waals surface area contributed by atoms with Gasteiger partial charge in [-0.1, -0.05) is 51.1 Å². The predicted octanol–water partition coefficient (Wildman–Crippen LogP) is 6.30. The SMILES string of the molecule is CC(C)(C)C(NCC1CN(C(=O)O)CC1F)c1nc(-c2cc(F)ccc2F)sc1Cc1ccccc1. The zero-order chi connectivity index (χ0) is 26.0. The summed E-state index contributed by atoms with van der Waals surface area (Å²) < 4.78 is 43.2. The van der Waals surface area contributed by atoms with Crippen molar-refractivity contribution >= 4 is 17.4 Å². The fourth-order valence-electron chi connectivity index (χ4n) is 4.54. The number of amides is 1. The molecule has 2 aromatic carbocycles. The second kappa shape index (κ2) is 10.6. The molecule has 0 bridgehead atoms. The third-order valence-electron chi connectivity index (χ3n) is 6.45. The van der Waals surface area contributed by atoms with Crippen LogP contribution in [0.4, 0.5) is 18.0 Å². The zero-order valence-electron chi connectivity index (χ0n) is 20.5. The van der Waals surface area contributed by atoms with Crippen molar-refractivity contribution in [1.29, 1.82) is 0 Å². The molecule has 2 N–H and O–H groups in total. The smallest absolute Gasteiger partial charge is 0.407 e. The maximum Gasteiger partial charge on any atom is 0.407 e. The molecule has 1 fully saturated rings. The molecule has 3 atom stereocenters. The number of alkyl halides is 1. The molecular formula is C27H30F3N3O2S. The lowest BCUT2D eigenvalue weighted by Crippen LogP contribution is -2.38. The van der Waals surface area contributed by atoms with E-state index in [2.05, 4.69) is 5.32 Å². The molecule has 192 valence electrons. The number of carboxylic acid groups (broad SMARTS) is 1. The zero-order valence-corrected chi connectivity index (χ0v) is 21.3. The van der Waals surface area contributed by atoms with Crippen molar-refractivity contribution in [2.45, 2.75) is 39.4 Å². The van der Waals surface area contributed by atoms with Gasteiger partial charge < -0.3 is 15.3 Å². The van der Waals surface area contributed by atoms with E-state index >= 15 is 0 Å². The number of aromatic nitrogens is 1. The molecule has 9 heteroatoms. The summed E-state index contributed by atoms with van der Waals surface area (Å²) in [6.07, 6.45) is -1.83. The van der Waals surface area contributed by atoms with E-state index in [0.29, 0.717) is 17.1 Å². The molecule has 0 radical (unpaired) electrons. The lowest BCUT2D eigenvalue weighted by Gasteiger charge is -2.32. The average Bonchev–Trinajstić information content (AvgIpc) is 3.39. The molecule has 1 aromatic heterocycles. The summed E-state index contributed by atoms with van der Waals surface area (Å²) >= 11 is 1.32. The molecular weight excluding hydrogens is 487 g/mol. The summed E-state index contributed by atoms with van der Waals surface area (Å²) in [4.78, 5) is 18.1. The first-order valence-corrected chi connectivity index (χ1v) is 12.7. The van der Waals surface area contributed by atoms with Crippen molar-refractivity contribution in [3.63, 3.8) is 0 Å². The number of thiazole rings is 1. The summed E-state index contributed by atoms with van der Waals surface area (Å²) in [7, 11) is 0. The Morgan fingerprint density at radius 1 is 1.19 bits per heavy atom. The summed E-state index contributed by atoms with van der Waals surface area (Å²) in [5.74, 6) is -1.58. The quantitative estimate of drug-likeness (QED) is 0.386. The highest BCUT2D eigenvalue weighted by atomic mass is 32.1. The highest BCUT2D eigenvalue weighted by molar-refractivity contribution is 7.15. The second-order valence-corrected chi connectivity index (χ2v) is 11.4. The molecule has 5 nitrogen and oxygen atoms in total. The number of benzene rings is 2. The third-order valence-corrected chi connectivity index (χ3v) is 7.55. The van der Waals surface area contributed by atoms with Crippen molar-refractivity contribution in [1.82, 2.24) is 15.2 Å². The number of carbonyl (C=O) groups is 1. The minimum atomic E-state index is -1.26. The Morgan fingerprint density at radius 2 is 1.92 bits per heavy atom. The molecule has 2 heterocycles. The Hall–Kier alpha value is -2.91. The summed E-state index contributed by atoms with van der Waals surface area (Å²) in [5, 5.41) is 13.1. The monoisotopic (exact) mass is 517 g/mol. The summed E-state index contributed by atoms with van der Waals surface area (Å²) in [6.45, 7) is 6.34. The van der Waals surface area contributed by atoms with E-state index in [1.165, 1.54) is 11.3 Å². The maximum absolute atomic E-state index is 14.6. The van der Waals surface area contributed by atoms with Crippen molar-refractivity contribution in [3.8, 4) is 10.6 Å². The Morgan fingerprint density at radius 3 is 2.56 bits per heavy atom. The van der Waals surface area contributed by atoms with Crippen molar-refractivity contribution < 1.29 is 23.1 Å². The van der Waals surface area contributed by atoms with Gasteiger partial charge in [0.1, 0.15) is 22.8 Å². The highest BCUT2D eigenvalue weighted by Gasteiger charge is 2.38. The van der Waals surface area contributed by atoms with Crippen LogP contribution in [0.2, 0.25) is 0 Å². The Kier molecular flexibility index (Phi) is 7.70. The number of nitrogens with one attached hydrogen (secondary N) is 1. The largest absolute Gasteiger partial charge is 0.465 e. The molecule has 4 rings (SSSR count). The van der Waals surface area contributed by atoms with Crippen LogP contribution in [0.25, 0.3) is 10.6 Å². The van der Waals surface area contributed by atoms with Crippen LogP contribution in [0.15, 0.2) is 48.5 Å². The Labute approximate surface area is 213 Å². The molecule has 1 aliphatic rings. The van der Waals surface area contributed by atoms with Gasteiger partial charge in [0.2, 0.25) is 0 Å². The molecule has 0 aliphatic carbocycles. The van der Waals surface area contributed by atoms with E-state index in [4.69, 9.17) is 4.98 Å². The number of hydrogen-bond acceptors (Lipinski definition) is 4. The minimum absolute atomic E-state index is 0.102. The Balaban J connectivity index is 1.69. The molecule has 0 spiro atoms. The summed E-state index contributed by atoms with van der Waals surface area (Å²) in [6, 6.07) is 12.8. The van der Waals surface area contributed by atoms with E-state index in [9.17, 15) is 23.1 Å². The van der Waals surface area contributed by atoms with Gasteiger partial charge >= 0.3 is 6.09 Å². The lowest BCUT2D eigenvalue weighted by molar-refractivity contribution is 0.152. The van der Waals surface area contributed by atoms with Gasteiger partial charge in [-0.15, -0.1) is 11.3 Å². The van der Waals surface area contributed by atoms with Crippen LogP contribution in [0, 0.1) is 23.0 Å². The predicted molar refractivity (Wildman–Crippen MR) is 135 cm³/mol. The first-order valence-electron chi connectivity index (χ1n) is 11.9. The van der Waals surface area contributed by atoms with Gasteiger partial charge in [-0.25, -0.2) is 22.9 Å². The van der Waals surface area contributed by atoms with E-state index < -0.39 is 29.8 Å². The molecule has 1 aliphatic heterocycles. The fourth-order valence-corrected chi connectivity index (χ4v) is 5.69. The number of halogens is 3. The van der Waals surface area contributed by atoms with Crippen LogP contribution in [0.5, 0.6) is 0 Å². The lowest BCUT2D eigenvalue weighted by atomic mass is 9.83. The van der Waals surface area contributed by atoms with Crippen LogP contribution in [0.3, 0.4) is 0 Å². The first-order chi connectivity index (χ1) is 17.0. The van der Waals surface area contributed by atoms with Gasteiger partial charge in [-0.2, -0.15) is 0 Å². The van der Waals surface area contributed by atoms with Gasteiger partial charge in [-0.05, 0) is 29.2 Å². The topological polar surface area (TPSA) is 65.5 Å². The van der Waals surface area contributed by atoms with Crippen molar-refractivity contribution in [3.05, 3.63) is 76.3 Å². The van der Waals surface area contributed by atoms with Crippen LogP contribution in [-0.2, 0) is 6.42 Å². The van der Waals surface area contributed by atoms with Crippen LogP contribution in [-0.4, -0.2) is 46.9 Å². The normalized spacial score (nSPS) is 19.0. The van der Waals surface area contributed by atoms with Gasteiger partial charge in [0.05, 0.1) is 18.3 Å². The first kappa shape index (κ1) is 26.2. The van der Waals surface area contributed by atoms with Gasteiger partial charge in [-0.3, -0.25) is 0 Å². The highest BCUT2D eigenvalue weighted by Crippen LogP contribution is 2.40. The van der Waals surface area contributed by atoms with Gasteiger partial charge in [0.15, 0.2) is 0 Å². The maximum atomic E-state index is 14.6. The number of hydrogen-bond donors (Lipinski definition) is 2. The molecule has 3 unspecified atom stereocenters. The molecule has 3 aromatic rings. The van der Waals surface area contributed by atoms with E-state index in [-0.39, 0.29) is 36.7 Å². The third kappa shape index (κ3) is 5.90. The van der Waals surface area contributed by atoms with Crippen LogP contribution in [0.1, 0.15) is 42.9 Å². The number of likely N-dealkylation sites (tertiary alicyclic amines) is 1. The van der Waals surface area contributed by atoms with E-state index in [1.807, 2.05) is 51.1 Å². The van der Waals surface area contributed by atoms with Gasteiger partial charge in [0.25, 0.3) is 0 Å². The summed E-state index contributed by atoms with van der Waals surface area (Å²) in [5.41, 5.74) is 1.51. The number of nitrogens with zero attached hydrogens (tertiary/aromatic N) is 2.